The number of H-pyrrole nitrogens is 1. The van der Waals surface area contributed by atoms with Gasteiger partial charge < -0.3 is 14.8 Å². The van der Waals surface area contributed by atoms with Crippen molar-refractivity contribution in [2.24, 2.45) is 0 Å². The lowest BCUT2D eigenvalue weighted by Crippen LogP contribution is -1.98. The predicted octanol–water partition coefficient (Wildman–Crippen LogP) is 3.42. The monoisotopic (exact) mass is 281 g/mol. The van der Waals surface area contributed by atoms with Crippen LogP contribution in [0.25, 0.3) is 10.9 Å². The van der Waals surface area contributed by atoms with Crippen LogP contribution in [-0.4, -0.2) is 16.7 Å². The van der Waals surface area contributed by atoms with Crippen LogP contribution in [0, 0.1) is 0 Å². The second kappa shape index (κ2) is 6.57. The highest BCUT2D eigenvalue weighted by molar-refractivity contribution is 5.81. The molecule has 1 heterocycles. The number of fused-ring (bicyclic) bond motifs is 1. The second-order valence-electron chi connectivity index (χ2n) is 5.16. The van der Waals surface area contributed by atoms with E-state index < -0.39 is 0 Å². The highest BCUT2D eigenvalue weighted by Gasteiger charge is 2.01. The van der Waals surface area contributed by atoms with Crippen LogP contribution in [0.15, 0.2) is 54.6 Å². The van der Waals surface area contributed by atoms with Crippen molar-refractivity contribution in [1.29, 1.82) is 0 Å². The van der Waals surface area contributed by atoms with Crippen LogP contribution in [-0.2, 0) is 24.4 Å². The molecule has 0 aliphatic heterocycles. The number of aliphatic hydroxyl groups excluding tert-OH is 1. The number of hydrogen-bond acceptors (Lipinski definition) is 2. The zero-order valence-electron chi connectivity index (χ0n) is 11.9. The molecule has 2 aromatic carbocycles. The number of aliphatic hydroxyl groups is 1. The van der Waals surface area contributed by atoms with Crippen molar-refractivity contribution in [3.05, 3.63) is 71.4 Å². The van der Waals surface area contributed by atoms with Gasteiger partial charge in [0, 0.05) is 16.6 Å². The molecule has 1 aromatic heterocycles. The molecule has 2 N–H and O–H groups in total. The first kappa shape index (κ1) is 13.9. The first-order valence-corrected chi connectivity index (χ1v) is 7.18. The van der Waals surface area contributed by atoms with E-state index in [1.807, 2.05) is 24.3 Å². The van der Waals surface area contributed by atoms with E-state index >= 15 is 0 Å². The Morgan fingerprint density at radius 2 is 1.81 bits per heavy atom. The summed E-state index contributed by atoms with van der Waals surface area (Å²) in [5.41, 5.74) is 4.36. The Morgan fingerprint density at radius 1 is 0.952 bits per heavy atom. The van der Waals surface area contributed by atoms with Gasteiger partial charge in [0.1, 0.15) is 0 Å². The van der Waals surface area contributed by atoms with E-state index in [1.54, 1.807) is 0 Å². The average molecular weight is 281 g/mol. The SMILES string of the molecule is OCc1cc2cc(CCOCc3ccccc3)ccc2[nH]1. The van der Waals surface area contributed by atoms with E-state index in [2.05, 4.69) is 35.3 Å². The summed E-state index contributed by atoms with van der Waals surface area (Å²) in [7, 11) is 0. The highest BCUT2D eigenvalue weighted by Crippen LogP contribution is 2.17. The van der Waals surface area contributed by atoms with Gasteiger partial charge in [-0.2, -0.15) is 0 Å². The summed E-state index contributed by atoms with van der Waals surface area (Å²) in [6, 6.07) is 18.5. The number of aromatic nitrogens is 1. The Labute approximate surface area is 124 Å². The standard InChI is InChI=1S/C18H19NO2/c20-12-17-11-16-10-14(6-7-18(16)19-17)8-9-21-13-15-4-2-1-3-5-15/h1-7,10-11,19-20H,8-9,12-13H2. The molecule has 108 valence electrons. The Hall–Kier alpha value is -2.10. The van der Waals surface area contributed by atoms with Crippen molar-refractivity contribution in [3.8, 4) is 0 Å². The Bertz CT molecular complexity index is 704. The fourth-order valence-corrected chi connectivity index (χ4v) is 2.44. The molecule has 21 heavy (non-hydrogen) atoms. The summed E-state index contributed by atoms with van der Waals surface area (Å²) >= 11 is 0. The first-order valence-electron chi connectivity index (χ1n) is 7.18. The third-order valence-corrected chi connectivity index (χ3v) is 3.56. The smallest absolute Gasteiger partial charge is 0.0831 e. The zero-order chi connectivity index (χ0) is 14.5. The average Bonchev–Trinajstić information content (AvgIpc) is 2.95. The third kappa shape index (κ3) is 3.51. The highest BCUT2D eigenvalue weighted by atomic mass is 16.5. The largest absolute Gasteiger partial charge is 0.390 e. The van der Waals surface area contributed by atoms with Crippen molar-refractivity contribution < 1.29 is 9.84 Å². The van der Waals surface area contributed by atoms with Crippen LogP contribution in [0.1, 0.15) is 16.8 Å². The second-order valence-corrected chi connectivity index (χ2v) is 5.16. The first-order chi connectivity index (χ1) is 10.3. The van der Waals surface area contributed by atoms with E-state index in [1.165, 1.54) is 11.1 Å². The van der Waals surface area contributed by atoms with Crippen LogP contribution in [0.3, 0.4) is 0 Å². The van der Waals surface area contributed by atoms with Gasteiger partial charge in [0.2, 0.25) is 0 Å². The maximum absolute atomic E-state index is 9.14. The summed E-state index contributed by atoms with van der Waals surface area (Å²) in [5.74, 6) is 0. The van der Waals surface area contributed by atoms with Gasteiger partial charge >= 0.3 is 0 Å². The van der Waals surface area contributed by atoms with Gasteiger partial charge in [-0.3, -0.25) is 0 Å². The molecule has 0 saturated heterocycles. The summed E-state index contributed by atoms with van der Waals surface area (Å²) < 4.78 is 5.71. The summed E-state index contributed by atoms with van der Waals surface area (Å²) in [6.07, 6.45) is 0.891. The van der Waals surface area contributed by atoms with Crippen LogP contribution < -0.4 is 0 Å². The molecule has 0 atom stereocenters. The molecule has 3 aromatic rings. The number of rotatable bonds is 6. The zero-order valence-corrected chi connectivity index (χ0v) is 11.9. The number of benzene rings is 2. The summed E-state index contributed by atoms with van der Waals surface area (Å²) in [4.78, 5) is 3.18. The quantitative estimate of drug-likeness (QED) is 0.680. The lowest BCUT2D eigenvalue weighted by Gasteiger charge is -2.05. The molecule has 3 rings (SSSR count). The molecular weight excluding hydrogens is 262 g/mol. The van der Waals surface area contributed by atoms with Gasteiger partial charge in [0.15, 0.2) is 0 Å². The summed E-state index contributed by atoms with van der Waals surface area (Å²) in [5, 5.41) is 10.3. The molecule has 0 aliphatic carbocycles. The number of hydrogen-bond donors (Lipinski definition) is 2. The van der Waals surface area contributed by atoms with E-state index in [9.17, 15) is 0 Å². The van der Waals surface area contributed by atoms with Gasteiger partial charge in [-0.1, -0.05) is 36.4 Å². The Morgan fingerprint density at radius 3 is 2.62 bits per heavy atom. The molecular formula is C18H19NO2. The number of ether oxygens (including phenoxy) is 1. The van der Waals surface area contributed by atoms with Crippen molar-refractivity contribution in [2.75, 3.05) is 6.61 Å². The van der Waals surface area contributed by atoms with Crippen LogP contribution in [0.5, 0.6) is 0 Å². The van der Waals surface area contributed by atoms with Crippen LogP contribution >= 0.6 is 0 Å². The van der Waals surface area contributed by atoms with Gasteiger partial charge in [0.05, 0.1) is 19.8 Å². The number of aromatic amines is 1. The minimum atomic E-state index is 0.0458. The molecule has 0 saturated carbocycles. The van der Waals surface area contributed by atoms with Crippen molar-refractivity contribution in [2.45, 2.75) is 19.6 Å². The summed E-state index contributed by atoms with van der Waals surface area (Å²) in [6.45, 7) is 1.41. The molecule has 0 unspecified atom stereocenters. The molecule has 0 spiro atoms. The maximum Gasteiger partial charge on any atom is 0.0831 e. The van der Waals surface area contributed by atoms with Crippen molar-refractivity contribution >= 4 is 10.9 Å². The molecule has 3 nitrogen and oxygen atoms in total. The lowest BCUT2D eigenvalue weighted by molar-refractivity contribution is 0.124. The maximum atomic E-state index is 9.14. The minimum absolute atomic E-state index is 0.0458. The molecule has 0 radical (unpaired) electrons. The number of nitrogens with one attached hydrogen (secondary N) is 1. The topological polar surface area (TPSA) is 45.2 Å². The van der Waals surface area contributed by atoms with E-state index in [4.69, 9.17) is 9.84 Å². The molecule has 0 aliphatic rings. The molecule has 0 fully saturated rings. The fourth-order valence-electron chi connectivity index (χ4n) is 2.44. The molecule has 0 bridgehead atoms. The van der Waals surface area contributed by atoms with Gasteiger partial charge in [-0.15, -0.1) is 0 Å². The fraction of sp³-hybridized carbons (Fsp3) is 0.222. The van der Waals surface area contributed by atoms with Gasteiger partial charge in [0.25, 0.3) is 0 Å². The Kier molecular flexibility index (Phi) is 4.34. The van der Waals surface area contributed by atoms with Crippen molar-refractivity contribution in [3.63, 3.8) is 0 Å². The lowest BCUT2D eigenvalue weighted by atomic mass is 10.1. The van der Waals surface area contributed by atoms with E-state index in [-0.39, 0.29) is 6.61 Å². The van der Waals surface area contributed by atoms with Crippen molar-refractivity contribution in [1.82, 2.24) is 4.98 Å². The third-order valence-electron chi connectivity index (χ3n) is 3.56. The Balaban J connectivity index is 1.55. The van der Waals surface area contributed by atoms with Crippen LogP contribution in [0.4, 0.5) is 0 Å². The van der Waals surface area contributed by atoms with Crippen LogP contribution in [0.2, 0.25) is 0 Å². The van der Waals surface area contributed by atoms with E-state index in [0.717, 1.165) is 23.0 Å². The molecule has 0 amide bonds. The predicted molar refractivity (Wildman–Crippen MR) is 84.0 cm³/mol. The minimum Gasteiger partial charge on any atom is -0.390 e. The molecule has 3 heteroatoms. The normalized spacial score (nSPS) is 11.1. The van der Waals surface area contributed by atoms with Gasteiger partial charge in [-0.05, 0) is 35.7 Å². The van der Waals surface area contributed by atoms with E-state index in [0.29, 0.717) is 13.2 Å². The van der Waals surface area contributed by atoms with Gasteiger partial charge in [-0.25, -0.2) is 0 Å².